The quantitative estimate of drug-likeness (QED) is 0.0571. The van der Waals surface area contributed by atoms with Crippen LogP contribution in [0.15, 0.2) is 53.5 Å². The predicted molar refractivity (Wildman–Crippen MR) is 152 cm³/mol. The lowest BCUT2D eigenvalue weighted by Gasteiger charge is -2.24. The van der Waals surface area contributed by atoms with Crippen molar-refractivity contribution in [3.05, 3.63) is 59.7 Å². The number of hydrogen-bond acceptors (Lipinski definition) is 9. The molecule has 42 heavy (non-hydrogen) atoms. The first-order valence-corrected chi connectivity index (χ1v) is 13.0. The smallest absolute Gasteiger partial charge is 0.326 e. The van der Waals surface area contributed by atoms with Gasteiger partial charge in [0, 0.05) is 13.0 Å². The summed E-state index contributed by atoms with van der Waals surface area (Å²) in [6.45, 7) is -0.728. The van der Waals surface area contributed by atoms with Crippen LogP contribution in [0, 0.1) is 0 Å². The largest absolute Gasteiger partial charge is 0.508 e. The van der Waals surface area contributed by atoms with E-state index < -0.39 is 54.5 Å². The number of aliphatic carboxylic acids is 1. The van der Waals surface area contributed by atoms with Crippen LogP contribution in [0.2, 0.25) is 0 Å². The van der Waals surface area contributed by atoms with Crippen molar-refractivity contribution in [3.8, 4) is 11.5 Å². The third-order valence-corrected chi connectivity index (χ3v) is 6.11. The van der Waals surface area contributed by atoms with Crippen LogP contribution in [0.25, 0.3) is 0 Å². The molecule has 2 rings (SSSR count). The number of carboxylic acids is 1. The lowest BCUT2D eigenvalue weighted by molar-refractivity contribution is -0.142. The van der Waals surface area contributed by atoms with Gasteiger partial charge in [0.05, 0.1) is 12.6 Å². The Morgan fingerprint density at radius 1 is 0.738 bits per heavy atom. The highest BCUT2D eigenvalue weighted by molar-refractivity contribution is 5.94. The topological polar surface area (TPSA) is 276 Å². The van der Waals surface area contributed by atoms with E-state index in [9.17, 15) is 39.6 Å². The van der Waals surface area contributed by atoms with Crippen LogP contribution >= 0.6 is 0 Å². The van der Waals surface area contributed by atoms with Gasteiger partial charge in [0.25, 0.3) is 0 Å². The predicted octanol–water partition coefficient (Wildman–Crippen LogP) is -2.20. The maximum Gasteiger partial charge on any atom is 0.326 e. The molecule has 3 amide bonds. The molecule has 15 nitrogen and oxygen atoms in total. The number of carbonyl (C=O) groups excluding carboxylic acids is 3. The zero-order valence-corrected chi connectivity index (χ0v) is 22.8. The summed E-state index contributed by atoms with van der Waals surface area (Å²) in [7, 11) is 0. The van der Waals surface area contributed by atoms with Crippen LogP contribution in [-0.2, 0) is 32.0 Å². The Balaban J connectivity index is 2.13. The van der Waals surface area contributed by atoms with Gasteiger partial charge >= 0.3 is 5.97 Å². The number of benzene rings is 2. The molecule has 0 saturated carbocycles. The third kappa shape index (κ3) is 11.3. The van der Waals surface area contributed by atoms with Gasteiger partial charge in [-0.3, -0.25) is 19.4 Å². The molecule has 2 aromatic carbocycles. The number of nitrogens with zero attached hydrogens (tertiary/aromatic N) is 1. The summed E-state index contributed by atoms with van der Waals surface area (Å²) in [4.78, 5) is 54.3. The number of aliphatic imine (C=N–C) groups is 1. The van der Waals surface area contributed by atoms with E-state index in [1.165, 1.54) is 36.4 Å². The summed E-state index contributed by atoms with van der Waals surface area (Å²) in [5.74, 6) is -3.95. The lowest BCUT2D eigenvalue weighted by atomic mass is 10.0. The molecule has 0 bridgehead atoms. The van der Waals surface area contributed by atoms with Gasteiger partial charge in [0.1, 0.15) is 29.6 Å². The molecule has 0 fully saturated rings. The maximum atomic E-state index is 13.2. The number of phenols is 2. The van der Waals surface area contributed by atoms with Crippen molar-refractivity contribution in [1.29, 1.82) is 0 Å². The Morgan fingerprint density at radius 2 is 1.21 bits per heavy atom. The molecule has 228 valence electrons. The van der Waals surface area contributed by atoms with E-state index in [4.69, 9.17) is 17.2 Å². The van der Waals surface area contributed by atoms with Gasteiger partial charge in [-0.1, -0.05) is 24.3 Å². The van der Waals surface area contributed by atoms with Crippen LogP contribution < -0.4 is 33.2 Å². The van der Waals surface area contributed by atoms with Crippen molar-refractivity contribution >= 4 is 29.7 Å². The highest BCUT2D eigenvalue weighted by Gasteiger charge is 2.30. The van der Waals surface area contributed by atoms with Crippen molar-refractivity contribution in [2.45, 2.75) is 49.9 Å². The third-order valence-electron chi connectivity index (χ3n) is 6.11. The monoisotopic (exact) mass is 587 g/mol. The second-order valence-corrected chi connectivity index (χ2v) is 9.50. The molecule has 13 N–H and O–H groups in total. The average Bonchev–Trinajstić information content (AvgIpc) is 2.94. The number of nitrogens with one attached hydrogen (secondary N) is 3. The normalized spacial score (nSPS) is 13.6. The van der Waals surface area contributed by atoms with Gasteiger partial charge < -0.3 is 53.6 Å². The SMILES string of the molecule is NC(N)=NCCCC(NC(=O)C(CO)NC(=O)C(Cc1ccc(O)cc1)NC(=O)C(N)Cc1ccc(O)cc1)C(=O)O. The molecular formula is C27H37N7O8. The average molecular weight is 588 g/mol. The summed E-state index contributed by atoms with van der Waals surface area (Å²) < 4.78 is 0. The lowest BCUT2D eigenvalue weighted by Crippen LogP contribution is -2.58. The minimum absolute atomic E-state index is 0.0111. The van der Waals surface area contributed by atoms with Crippen LogP contribution in [0.3, 0.4) is 0 Å². The first kappa shape index (κ1) is 33.3. The first-order chi connectivity index (χ1) is 19.9. The van der Waals surface area contributed by atoms with Gasteiger partial charge in [0.15, 0.2) is 5.96 Å². The summed E-state index contributed by atoms with van der Waals surface area (Å²) in [5.41, 5.74) is 17.8. The number of carboxylic acid groups (broad SMARTS) is 1. The van der Waals surface area contributed by atoms with E-state index in [0.717, 1.165) is 0 Å². The maximum absolute atomic E-state index is 13.2. The Labute approximate surface area is 241 Å². The van der Waals surface area contributed by atoms with Crippen LogP contribution in [0.4, 0.5) is 0 Å². The Hall–Kier alpha value is -4.89. The summed E-state index contributed by atoms with van der Waals surface area (Å²) in [5, 5.41) is 45.5. The molecular weight excluding hydrogens is 550 g/mol. The number of phenolic OH excluding ortho intramolecular Hbond substituents is 2. The van der Waals surface area contributed by atoms with Crippen molar-refractivity contribution in [2.75, 3.05) is 13.2 Å². The summed E-state index contributed by atoms with van der Waals surface area (Å²) in [6.07, 6.45) is 0.242. The second-order valence-electron chi connectivity index (χ2n) is 9.50. The molecule has 0 aromatic heterocycles. The van der Waals surface area contributed by atoms with Gasteiger partial charge in [0.2, 0.25) is 17.7 Å². The van der Waals surface area contributed by atoms with Crippen molar-refractivity contribution in [3.63, 3.8) is 0 Å². The fourth-order valence-corrected chi connectivity index (χ4v) is 3.83. The standard InChI is InChI=1S/C27H37N7O8/c28-19(12-15-3-7-17(36)8-4-15)23(38)33-21(13-16-5-9-18(37)10-6-16)24(39)34-22(14-35)25(40)32-20(26(41)42)2-1-11-31-27(29)30/h3-10,19-22,35-37H,1-2,11-14,28H2,(H,32,40)(H,33,38)(H,34,39)(H,41,42)(H4,29,30,31). The van der Waals surface area contributed by atoms with E-state index in [1.807, 2.05) is 0 Å². The molecule has 0 radical (unpaired) electrons. The number of aliphatic hydroxyl groups excluding tert-OH is 1. The van der Waals surface area contributed by atoms with Gasteiger partial charge in [-0.05, 0) is 54.7 Å². The van der Waals surface area contributed by atoms with E-state index in [-0.39, 0.29) is 49.7 Å². The Bertz CT molecular complexity index is 1230. The van der Waals surface area contributed by atoms with Crippen LogP contribution in [0.5, 0.6) is 11.5 Å². The zero-order chi connectivity index (χ0) is 31.2. The van der Waals surface area contributed by atoms with Crippen molar-refractivity contribution < 1.29 is 39.6 Å². The Morgan fingerprint density at radius 3 is 1.71 bits per heavy atom. The molecule has 4 unspecified atom stereocenters. The fourth-order valence-electron chi connectivity index (χ4n) is 3.83. The molecule has 4 atom stereocenters. The summed E-state index contributed by atoms with van der Waals surface area (Å²) in [6, 6.07) is 6.73. The molecule has 2 aromatic rings. The summed E-state index contributed by atoms with van der Waals surface area (Å²) >= 11 is 0. The highest BCUT2D eigenvalue weighted by Crippen LogP contribution is 2.13. The van der Waals surface area contributed by atoms with Gasteiger partial charge in [-0.2, -0.15) is 0 Å². The number of rotatable bonds is 16. The molecule has 0 heterocycles. The number of aliphatic hydroxyl groups is 1. The van der Waals surface area contributed by atoms with E-state index in [1.54, 1.807) is 12.1 Å². The Kier molecular flexibility index (Phi) is 13.0. The molecule has 0 aliphatic heterocycles. The second kappa shape index (κ2) is 16.4. The fraction of sp³-hybridized carbons (Fsp3) is 0.370. The molecule has 0 aliphatic carbocycles. The zero-order valence-electron chi connectivity index (χ0n) is 22.8. The minimum atomic E-state index is -1.54. The molecule has 0 saturated heterocycles. The number of nitrogens with two attached hydrogens (primary N) is 3. The minimum Gasteiger partial charge on any atom is -0.508 e. The highest BCUT2D eigenvalue weighted by atomic mass is 16.4. The van der Waals surface area contributed by atoms with Crippen LogP contribution in [-0.4, -0.2) is 87.4 Å². The van der Waals surface area contributed by atoms with Crippen molar-refractivity contribution in [1.82, 2.24) is 16.0 Å². The number of guanidine groups is 1. The van der Waals surface area contributed by atoms with Gasteiger partial charge in [-0.15, -0.1) is 0 Å². The molecule has 0 aliphatic rings. The van der Waals surface area contributed by atoms with E-state index >= 15 is 0 Å². The van der Waals surface area contributed by atoms with E-state index in [2.05, 4.69) is 20.9 Å². The molecule has 0 spiro atoms. The van der Waals surface area contributed by atoms with Crippen molar-refractivity contribution in [2.24, 2.45) is 22.2 Å². The number of hydrogen-bond donors (Lipinski definition) is 10. The molecule has 15 heteroatoms. The number of aromatic hydroxyl groups is 2. The van der Waals surface area contributed by atoms with Gasteiger partial charge in [-0.25, -0.2) is 4.79 Å². The number of carbonyl (C=O) groups is 4. The van der Waals surface area contributed by atoms with Crippen LogP contribution in [0.1, 0.15) is 24.0 Å². The van der Waals surface area contributed by atoms with E-state index in [0.29, 0.717) is 11.1 Å². The number of amides is 3. The first-order valence-electron chi connectivity index (χ1n) is 13.0.